The van der Waals surface area contributed by atoms with Gasteiger partial charge in [-0.05, 0) is 43.4 Å². The molecule has 0 atom stereocenters. The Morgan fingerprint density at radius 3 is 2.83 bits per heavy atom. The molecule has 0 heterocycles. The average molecular weight is 248 g/mol. The van der Waals surface area contributed by atoms with Crippen LogP contribution in [0.3, 0.4) is 0 Å². The lowest BCUT2D eigenvalue weighted by Gasteiger charge is -2.14. The molecule has 4 nitrogen and oxygen atoms in total. The van der Waals surface area contributed by atoms with E-state index in [0.717, 1.165) is 12.2 Å². The molecule has 1 aromatic rings. The largest absolute Gasteiger partial charge is 0.462 e. The average Bonchev–Trinajstić information content (AvgIpc) is 3.07. The SMILES string of the molecule is CCOC(=O)c1ccc(N)c(NCC2(C)CC2)c1. The molecule has 0 saturated heterocycles. The minimum absolute atomic E-state index is 0.307. The number of rotatable bonds is 5. The fourth-order valence-electron chi connectivity index (χ4n) is 1.75. The van der Waals surface area contributed by atoms with Crippen molar-refractivity contribution in [1.82, 2.24) is 0 Å². The highest BCUT2D eigenvalue weighted by molar-refractivity contribution is 5.92. The van der Waals surface area contributed by atoms with Crippen LogP contribution in [0.25, 0.3) is 0 Å². The van der Waals surface area contributed by atoms with Gasteiger partial charge in [0.1, 0.15) is 0 Å². The van der Waals surface area contributed by atoms with Crippen molar-refractivity contribution in [2.45, 2.75) is 26.7 Å². The molecule has 0 amide bonds. The highest BCUT2D eigenvalue weighted by Crippen LogP contribution is 2.45. The lowest BCUT2D eigenvalue weighted by Crippen LogP contribution is -2.14. The highest BCUT2D eigenvalue weighted by atomic mass is 16.5. The van der Waals surface area contributed by atoms with Crippen LogP contribution in [-0.2, 0) is 4.74 Å². The van der Waals surface area contributed by atoms with E-state index in [9.17, 15) is 4.79 Å². The first-order valence-corrected chi connectivity index (χ1v) is 6.34. The molecule has 0 bridgehead atoms. The molecule has 0 aromatic heterocycles. The first kappa shape index (κ1) is 12.7. The molecule has 98 valence electrons. The summed E-state index contributed by atoms with van der Waals surface area (Å²) in [6, 6.07) is 5.19. The van der Waals surface area contributed by atoms with Gasteiger partial charge >= 0.3 is 5.97 Å². The van der Waals surface area contributed by atoms with Gasteiger partial charge in [0.15, 0.2) is 0 Å². The van der Waals surface area contributed by atoms with Crippen molar-refractivity contribution in [3.8, 4) is 0 Å². The van der Waals surface area contributed by atoms with Crippen molar-refractivity contribution in [1.29, 1.82) is 0 Å². The number of ether oxygens (including phenoxy) is 1. The van der Waals surface area contributed by atoms with Gasteiger partial charge in [-0.3, -0.25) is 0 Å². The molecule has 1 aromatic carbocycles. The van der Waals surface area contributed by atoms with Crippen LogP contribution >= 0.6 is 0 Å². The first-order valence-electron chi connectivity index (χ1n) is 6.34. The number of hydrogen-bond donors (Lipinski definition) is 2. The number of benzene rings is 1. The van der Waals surface area contributed by atoms with Crippen LogP contribution < -0.4 is 11.1 Å². The van der Waals surface area contributed by atoms with E-state index in [4.69, 9.17) is 10.5 Å². The van der Waals surface area contributed by atoms with Gasteiger partial charge in [0.05, 0.1) is 23.5 Å². The molecule has 1 saturated carbocycles. The van der Waals surface area contributed by atoms with E-state index in [-0.39, 0.29) is 5.97 Å². The minimum Gasteiger partial charge on any atom is -0.462 e. The Kier molecular flexibility index (Phi) is 3.45. The summed E-state index contributed by atoms with van der Waals surface area (Å²) < 4.78 is 4.97. The lowest BCUT2D eigenvalue weighted by atomic mass is 10.1. The van der Waals surface area contributed by atoms with Crippen LogP contribution in [0.15, 0.2) is 18.2 Å². The van der Waals surface area contributed by atoms with Crippen LogP contribution in [0.2, 0.25) is 0 Å². The molecule has 18 heavy (non-hydrogen) atoms. The number of esters is 1. The third-order valence-corrected chi connectivity index (χ3v) is 3.37. The van der Waals surface area contributed by atoms with Crippen molar-refractivity contribution < 1.29 is 9.53 Å². The van der Waals surface area contributed by atoms with E-state index in [2.05, 4.69) is 12.2 Å². The third-order valence-electron chi connectivity index (χ3n) is 3.37. The lowest BCUT2D eigenvalue weighted by molar-refractivity contribution is 0.0526. The molecule has 1 aliphatic rings. The van der Waals surface area contributed by atoms with E-state index < -0.39 is 0 Å². The molecular formula is C14H20N2O2. The van der Waals surface area contributed by atoms with E-state index in [1.165, 1.54) is 12.8 Å². The monoisotopic (exact) mass is 248 g/mol. The smallest absolute Gasteiger partial charge is 0.338 e. The summed E-state index contributed by atoms with van der Waals surface area (Å²) in [6.07, 6.45) is 2.49. The quantitative estimate of drug-likeness (QED) is 0.621. The number of anilines is 2. The summed E-state index contributed by atoms with van der Waals surface area (Å²) in [6.45, 7) is 5.31. The van der Waals surface area contributed by atoms with Gasteiger partial charge in [-0.15, -0.1) is 0 Å². The minimum atomic E-state index is -0.307. The maximum absolute atomic E-state index is 11.6. The summed E-state index contributed by atoms with van der Waals surface area (Å²) in [5.74, 6) is -0.307. The van der Waals surface area contributed by atoms with Crippen molar-refractivity contribution in [2.75, 3.05) is 24.2 Å². The van der Waals surface area contributed by atoms with E-state index in [0.29, 0.717) is 23.3 Å². The molecular weight excluding hydrogens is 228 g/mol. The predicted octanol–water partition coefficient (Wildman–Crippen LogP) is 2.66. The number of hydrogen-bond acceptors (Lipinski definition) is 4. The van der Waals surface area contributed by atoms with Gasteiger partial charge in [-0.2, -0.15) is 0 Å². The Labute approximate surface area is 108 Å². The Morgan fingerprint density at radius 2 is 2.22 bits per heavy atom. The Balaban J connectivity index is 2.08. The van der Waals surface area contributed by atoms with Crippen LogP contribution in [0.5, 0.6) is 0 Å². The molecule has 0 spiro atoms. The number of carbonyl (C=O) groups is 1. The fraction of sp³-hybridized carbons (Fsp3) is 0.500. The highest BCUT2D eigenvalue weighted by Gasteiger charge is 2.36. The van der Waals surface area contributed by atoms with Crippen LogP contribution in [0.1, 0.15) is 37.0 Å². The molecule has 1 fully saturated rings. The van der Waals surface area contributed by atoms with Gasteiger partial charge in [0.2, 0.25) is 0 Å². The standard InChI is InChI=1S/C14H20N2O2/c1-3-18-13(17)10-4-5-11(15)12(8-10)16-9-14(2)6-7-14/h4-5,8,16H,3,6-7,9,15H2,1-2H3. The molecule has 1 aliphatic carbocycles. The number of nitrogen functional groups attached to an aromatic ring is 1. The Bertz CT molecular complexity index is 453. The zero-order valence-corrected chi connectivity index (χ0v) is 11.0. The third kappa shape index (κ3) is 2.94. The molecule has 0 radical (unpaired) electrons. The van der Waals surface area contributed by atoms with Gasteiger partial charge in [-0.1, -0.05) is 6.92 Å². The van der Waals surface area contributed by atoms with Crippen molar-refractivity contribution >= 4 is 17.3 Å². The fourth-order valence-corrected chi connectivity index (χ4v) is 1.75. The zero-order valence-electron chi connectivity index (χ0n) is 11.0. The topological polar surface area (TPSA) is 64.3 Å². The van der Waals surface area contributed by atoms with Gasteiger partial charge in [0, 0.05) is 6.54 Å². The van der Waals surface area contributed by atoms with Gasteiger partial charge < -0.3 is 15.8 Å². The normalized spacial score (nSPS) is 16.1. The number of nitrogens with one attached hydrogen (secondary N) is 1. The summed E-state index contributed by atoms with van der Waals surface area (Å²) in [4.78, 5) is 11.6. The maximum Gasteiger partial charge on any atom is 0.338 e. The number of carbonyl (C=O) groups excluding carboxylic acids is 1. The Morgan fingerprint density at radius 1 is 1.50 bits per heavy atom. The molecule has 2 rings (SSSR count). The van der Waals surface area contributed by atoms with Crippen LogP contribution in [-0.4, -0.2) is 19.1 Å². The van der Waals surface area contributed by atoms with Crippen molar-refractivity contribution in [2.24, 2.45) is 5.41 Å². The van der Waals surface area contributed by atoms with Crippen molar-refractivity contribution in [3.63, 3.8) is 0 Å². The molecule has 0 aliphatic heterocycles. The maximum atomic E-state index is 11.6. The zero-order chi connectivity index (χ0) is 13.2. The second-order valence-corrected chi connectivity index (χ2v) is 5.19. The Hall–Kier alpha value is -1.71. The summed E-state index contributed by atoms with van der Waals surface area (Å²) in [5, 5.41) is 3.32. The second kappa shape index (κ2) is 4.88. The van der Waals surface area contributed by atoms with Gasteiger partial charge in [-0.25, -0.2) is 4.79 Å². The summed E-state index contributed by atoms with van der Waals surface area (Å²) in [5.41, 5.74) is 8.30. The first-order chi connectivity index (χ1) is 8.54. The van der Waals surface area contributed by atoms with Crippen molar-refractivity contribution in [3.05, 3.63) is 23.8 Å². The molecule has 3 N–H and O–H groups in total. The predicted molar refractivity (Wildman–Crippen MR) is 72.6 cm³/mol. The van der Waals surface area contributed by atoms with E-state index >= 15 is 0 Å². The molecule has 4 heteroatoms. The van der Waals surface area contributed by atoms with Gasteiger partial charge in [0.25, 0.3) is 0 Å². The summed E-state index contributed by atoms with van der Waals surface area (Å²) in [7, 11) is 0. The summed E-state index contributed by atoms with van der Waals surface area (Å²) >= 11 is 0. The van der Waals surface area contributed by atoms with E-state index in [1.807, 2.05) is 0 Å². The second-order valence-electron chi connectivity index (χ2n) is 5.19. The van der Waals surface area contributed by atoms with Crippen LogP contribution in [0.4, 0.5) is 11.4 Å². The number of nitrogens with two attached hydrogens (primary N) is 1. The van der Waals surface area contributed by atoms with E-state index in [1.54, 1.807) is 25.1 Å². The molecule has 0 unspecified atom stereocenters. The van der Waals surface area contributed by atoms with Crippen LogP contribution in [0, 0.1) is 5.41 Å².